The van der Waals surface area contributed by atoms with Gasteiger partial charge >= 0.3 is 0 Å². The molecule has 1 heterocycles. The Morgan fingerprint density at radius 3 is 1.29 bits per heavy atom. The first-order valence-corrected chi connectivity index (χ1v) is 6.55. The Morgan fingerprint density at radius 2 is 1.12 bits per heavy atom. The van der Waals surface area contributed by atoms with E-state index in [1.165, 1.54) is 0 Å². The fraction of sp³-hybridized carbons (Fsp3) is 0.714. The van der Waals surface area contributed by atoms with Gasteiger partial charge in [0.15, 0.2) is 0 Å². The van der Waals surface area contributed by atoms with E-state index in [0.29, 0.717) is 0 Å². The second-order valence-electron chi connectivity index (χ2n) is 1.75. The zero-order valence-electron chi connectivity index (χ0n) is 13.6. The van der Waals surface area contributed by atoms with Crippen LogP contribution in [0.5, 0.6) is 0 Å². The smallest absolute Gasteiger partial charge is 0.125 e. The molecule has 3 radical (unpaired) electrons. The zero-order chi connectivity index (χ0) is 14.0. The maximum atomic E-state index is 4.06. The molecular formula is C14H32BN2. The van der Waals surface area contributed by atoms with Gasteiger partial charge in [-0.15, -0.1) is 0 Å². The van der Waals surface area contributed by atoms with Crippen molar-refractivity contribution in [2.24, 2.45) is 0 Å². The van der Waals surface area contributed by atoms with Crippen LogP contribution >= 0.6 is 0 Å². The molecule has 101 valence electrons. The van der Waals surface area contributed by atoms with Gasteiger partial charge in [0.2, 0.25) is 0 Å². The predicted molar refractivity (Wildman–Crippen MR) is 82.7 cm³/mol. The van der Waals surface area contributed by atoms with Crippen molar-refractivity contribution in [3.05, 3.63) is 23.8 Å². The van der Waals surface area contributed by atoms with Gasteiger partial charge in [0.1, 0.15) is 5.82 Å². The first-order chi connectivity index (χ1) is 7.79. The van der Waals surface area contributed by atoms with Crippen LogP contribution in [-0.2, 0) is 0 Å². The van der Waals surface area contributed by atoms with Gasteiger partial charge in [0, 0.05) is 20.3 Å². The van der Waals surface area contributed by atoms with Crippen molar-refractivity contribution in [2.75, 3.05) is 0 Å². The Balaban J connectivity index is -0.0000000462. The highest BCUT2D eigenvalue weighted by Gasteiger charge is 1.83. The van der Waals surface area contributed by atoms with Gasteiger partial charge in [-0.2, -0.15) is 0 Å². The fourth-order valence-corrected chi connectivity index (χ4v) is 0.574. The minimum atomic E-state index is 0. The van der Waals surface area contributed by atoms with Gasteiger partial charge in [0.05, 0.1) is 0 Å². The van der Waals surface area contributed by atoms with E-state index in [1.807, 2.05) is 75.3 Å². The molecule has 0 aliphatic heterocycles. The lowest BCUT2D eigenvalue weighted by Gasteiger charge is -1.89. The number of aromatic nitrogens is 2. The zero-order valence-corrected chi connectivity index (χ0v) is 13.6. The summed E-state index contributed by atoms with van der Waals surface area (Å²) in [5.74, 6) is 0.838. The largest absolute Gasteiger partial charge is 0.242 e. The summed E-state index contributed by atoms with van der Waals surface area (Å²) in [4.78, 5) is 7.99. The van der Waals surface area contributed by atoms with Crippen molar-refractivity contribution < 1.29 is 0 Å². The summed E-state index contributed by atoms with van der Waals surface area (Å²) < 4.78 is 0. The lowest BCUT2D eigenvalue weighted by molar-refractivity contribution is 1.01. The van der Waals surface area contributed by atoms with Crippen molar-refractivity contribution in [1.29, 1.82) is 0 Å². The number of rotatable bonds is 0. The molecule has 0 unspecified atom stereocenters. The van der Waals surface area contributed by atoms with Gasteiger partial charge in [-0.25, -0.2) is 9.97 Å². The van der Waals surface area contributed by atoms with Crippen LogP contribution in [0.25, 0.3) is 0 Å². The third-order valence-electron chi connectivity index (χ3n) is 0.915. The molecule has 0 aliphatic rings. The predicted octanol–water partition coefficient (Wildman–Crippen LogP) is 4.82. The summed E-state index contributed by atoms with van der Waals surface area (Å²) >= 11 is 0. The average Bonchev–Trinajstić information content (AvgIpc) is 2.39. The molecular weight excluding hydrogens is 207 g/mol. The van der Waals surface area contributed by atoms with Crippen molar-refractivity contribution in [3.8, 4) is 0 Å². The summed E-state index contributed by atoms with van der Waals surface area (Å²) in [7, 11) is 0. The standard InChI is InChI=1S/C6H8N2.4C2H6.B/c1-5-3-4-7-6(2)8-5;4*1-2;/h3-4H,1-2H3;4*1-2H3;. The summed E-state index contributed by atoms with van der Waals surface area (Å²) in [5.41, 5.74) is 1.03. The van der Waals surface area contributed by atoms with Crippen LogP contribution in [0, 0.1) is 13.8 Å². The van der Waals surface area contributed by atoms with Gasteiger partial charge in [0.25, 0.3) is 0 Å². The first kappa shape index (κ1) is 29.8. The molecule has 2 nitrogen and oxygen atoms in total. The molecule has 0 saturated carbocycles. The second-order valence-corrected chi connectivity index (χ2v) is 1.75. The molecule has 0 aliphatic carbocycles. The average molecular weight is 239 g/mol. The molecule has 0 N–H and O–H groups in total. The van der Waals surface area contributed by atoms with Crippen LogP contribution in [0.3, 0.4) is 0 Å². The Hall–Kier alpha value is -0.855. The summed E-state index contributed by atoms with van der Waals surface area (Å²) in [6.07, 6.45) is 1.76. The minimum absolute atomic E-state index is 0. The van der Waals surface area contributed by atoms with Crippen molar-refractivity contribution in [2.45, 2.75) is 69.2 Å². The topological polar surface area (TPSA) is 25.8 Å². The molecule has 1 rings (SSSR count). The molecule has 0 saturated heterocycles. The summed E-state index contributed by atoms with van der Waals surface area (Å²) in [6, 6.07) is 1.88. The van der Waals surface area contributed by atoms with Crippen molar-refractivity contribution in [1.82, 2.24) is 9.97 Å². The second kappa shape index (κ2) is 36.2. The first-order valence-electron chi connectivity index (χ1n) is 6.55. The molecule has 17 heavy (non-hydrogen) atoms. The van der Waals surface area contributed by atoms with Gasteiger partial charge in [-0.05, 0) is 19.9 Å². The maximum Gasteiger partial charge on any atom is 0.125 e. The van der Waals surface area contributed by atoms with Gasteiger partial charge < -0.3 is 0 Å². The molecule has 0 aromatic carbocycles. The maximum absolute atomic E-state index is 4.06. The molecule has 1 aromatic rings. The Kier molecular flexibility index (Phi) is 63.5. The van der Waals surface area contributed by atoms with Crippen LogP contribution in [-0.4, -0.2) is 18.4 Å². The lowest BCUT2D eigenvalue weighted by atomic mass is 10.4. The third-order valence-corrected chi connectivity index (χ3v) is 0.915. The Labute approximate surface area is 112 Å². The van der Waals surface area contributed by atoms with Gasteiger partial charge in [-0.1, -0.05) is 55.4 Å². The van der Waals surface area contributed by atoms with E-state index in [0.717, 1.165) is 11.5 Å². The van der Waals surface area contributed by atoms with E-state index < -0.39 is 0 Å². The molecule has 1 aromatic heterocycles. The van der Waals surface area contributed by atoms with Crippen LogP contribution in [0.1, 0.15) is 66.9 Å². The monoisotopic (exact) mass is 239 g/mol. The van der Waals surface area contributed by atoms with Crippen molar-refractivity contribution in [3.63, 3.8) is 0 Å². The van der Waals surface area contributed by atoms with E-state index in [4.69, 9.17) is 0 Å². The highest BCUT2D eigenvalue weighted by molar-refractivity contribution is 5.75. The van der Waals surface area contributed by atoms with Crippen LogP contribution in [0.2, 0.25) is 0 Å². The van der Waals surface area contributed by atoms with E-state index in [9.17, 15) is 0 Å². The van der Waals surface area contributed by atoms with Gasteiger partial charge in [-0.3, -0.25) is 0 Å². The number of aryl methyl sites for hydroxylation is 2. The number of nitrogens with zero attached hydrogens (tertiary/aromatic N) is 2. The SMILES string of the molecule is CC.CC.CC.CC.Cc1ccnc(C)n1.[B]. The third kappa shape index (κ3) is 31.3. The summed E-state index contributed by atoms with van der Waals surface area (Å²) in [5, 5.41) is 0. The molecule has 0 spiro atoms. The van der Waals surface area contributed by atoms with Crippen LogP contribution in [0.4, 0.5) is 0 Å². The van der Waals surface area contributed by atoms with E-state index >= 15 is 0 Å². The van der Waals surface area contributed by atoms with Crippen LogP contribution < -0.4 is 0 Å². The number of hydrogen-bond donors (Lipinski definition) is 0. The highest BCUT2D eigenvalue weighted by atomic mass is 14.9. The molecule has 0 bridgehead atoms. The fourth-order valence-electron chi connectivity index (χ4n) is 0.574. The molecule has 0 atom stereocenters. The number of hydrogen-bond acceptors (Lipinski definition) is 2. The van der Waals surface area contributed by atoms with E-state index in [1.54, 1.807) is 6.20 Å². The normalized spacial score (nSPS) is 5.76. The lowest BCUT2D eigenvalue weighted by Crippen LogP contribution is -1.86. The Bertz CT molecular complexity index is 174. The summed E-state index contributed by atoms with van der Waals surface area (Å²) in [6.45, 7) is 19.8. The van der Waals surface area contributed by atoms with Crippen LogP contribution in [0.15, 0.2) is 12.3 Å². The van der Waals surface area contributed by atoms with E-state index in [-0.39, 0.29) is 8.41 Å². The van der Waals surface area contributed by atoms with Crippen molar-refractivity contribution >= 4 is 8.41 Å². The quantitative estimate of drug-likeness (QED) is 0.607. The highest BCUT2D eigenvalue weighted by Crippen LogP contribution is 1.88. The Morgan fingerprint density at radius 1 is 0.765 bits per heavy atom. The molecule has 0 fully saturated rings. The minimum Gasteiger partial charge on any atom is -0.242 e. The van der Waals surface area contributed by atoms with E-state index in [2.05, 4.69) is 9.97 Å². The molecule has 3 heteroatoms. The molecule has 0 amide bonds.